The van der Waals surface area contributed by atoms with Gasteiger partial charge in [0.05, 0.1) is 12.2 Å². The molecule has 0 fully saturated rings. The average molecular weight is 375 g/mol. The van der Waals surface area contributed by atoms with Crippen LogP contribution < -0.4 is 5.32 Å². The number of pyridine rings is 1. The van der Waals surface area contributed by atoms with E-state index >= 15 is 0 Å². The number of rotatable bonds is 6. The molecule has 0 radical (unpaired) electrons. The molecule has 28 heavy (non-hydrogen) atoms. The summed E-state index contributed by atoms with van der Waals surface area (Å²) in [6.45, 7) is 12.1. The van der Waals surface area contributed by atoms with Crippen LogP contribution in [0, 0.1) is 16.7 Å². The van der Waals surface area contributed by atoms with Crippen molar-refractivity contribution in [3.63, 3.8) is 0 Å². The molecule has 0 aliphatic heterocycles. The van der Waals surface area contributed by atoms with Crippen LogP contribution in [0.5, 0.6) is 0 Å². The molecule has 0 atom stereocenters. The minimum Gasteiger partial charge on any atom is -0.492 e. The Morgan fingerprint density at radius 1 is 1.32 bits per heavy atom. The van der Waals surface area contributed by atoms with Crippen LogP contribution in [0.2, 0.25) is 0 Å². The summed E-state index contributed by atoms with van der Waals surface area (Å²) in [6, 6.07) is 11.5. The summed E-state index contributed by atoms with van der Waals surface area (Å²) in [6.07, 6.45) is 4.91. The van der Waals surface area contributed by atoms with Crippen LogP contribution in [0.25, 0.3) is 10.8 Å². The molecule has 1 amide bonds. The molecule has 0 aliphatic carbocycles. The number of ether oxygens (including phenoxy) is 1. The maximum absolute atomic E-state index is 12.6. The topological polar surface area (TPSA) is 75.0 Å². The standard InChI is InChI=1S/C23H25N3O2/c1-6-20(11-19(13-24)16(2)28-15-23(3,4)5)26-22(27)21-12-17-9-7-8-10-18(17)14-25-21/h6-12,14H,2,15H2,1,3-5H3,(H,26,27)/b19-11-,20-6+. The molecule has 2 aromatic rings. The van der Waals surface area contributed by atoms with Gasteiger partial charge in [-0.3, -0.25) is 9.78 Å². The summed E-state index contributed by atoms with van der Waals surface area (Å²) in [5.74, 6) is -0.0801. The van der Waals surface area contributed by atoms with Gasteiger partial charge in [0.25, 0.3) is 5.91 Å². The normalized spacial score (nSPS) is 12.4. The highest BCUT2D eigenvalue weighted by Gasteiger charge is 2.14. The lowest BCUT2D eigenvalue weighted by atomic mass is 9.98. The number of carbonyl (C=O) groups excluding carboxylic acids is 1. The number of hydrogen-bond donors (Lipinski definition) is 1. The van der Waals surface area contributed by atoms with Crippen LogP contribution in [0.15, 0.2) is 72.3 Å². The second kappa shape index (κ2) is 9.01. The van der Waals surface area contributed by atoms with Crippen molar-refractivity contribution in [3.05, 3.63) is 78.0 Å². The van der Waals surface area contributed by atoms with E-state index in [4.69, 9.17) is 4.74 Å². The number of allylic oxidation sites excluding steroid dienone is 3. The number of hydrogen-bond acceptors (Lipinski definition) is 4. The van der Waals surface area contributed by atoms with Crippen LogP contribution >= 0.6 is 0 Å². The van der Waals surface area contributed by atoms with Gasteiger partial charge in [-0.05, 0) is 29.9 Å². The SMILES string of the molecule is C=C(OCC(C)(C)C)/C(C#N)=C\C(=C/C)NC(=O)c1cc2ccccc2cn1. The third kappa shape index (κ3) is 5.82. The third-order valence-corrected chi connectivity index (χ3v) is 3.83. The van der Waals surface area contributed by atoms with Crippen molar-refractivity contribution in [3.8, 4) is 6.07 Å². The van der Waals surface area contributed by atoms with Crippen molar-refractivity contribution >= 4 is 16.7 Å². The van der Waals surface area contributed by atoms with E-state index in [1.54, 1.807) is 31.3 Å². The van der Waals surface area contributed by atoms with Gasteiger partial charge in [0.15, 0.2) is 0 Å². The number of nitriles is 1. The number of fused-ring (bicyclic) bond motifs is 1. The van der Waals surface area contributed by atoms with E-state index in [1.807, 2.05) is 45.0 Å². The summed E-state index contributed by atoms with van der Waals surface area (Å²) >= 11 is 0. The van der Waals surface area contributed by atoms with Crippen molar-refractivity contribution < 1.29 is 9.53 Å². The smallest absolute Gasteiger partial charge is 0.274 e. The van der Waals surface area contributed by atoms with Crippen LogP contribution in [0.4, 0.5) is 0 Å². The highest BCUT2D eigenvalue weighted by Crippen LogP contribution is 2.19. The number of nitrogens with zero attached hydrogens (tertiary/aromatic N) is 2. The first kappa shape index (κ1) is 20.9. The molecule has 1 N–H and O–H groups in total. The van der Waals surface area contributed by atoms with Gasteiger partial charge in [0.2, 0.25) is 0 Å². The van der Waals surface area contributed by atoms with Crippen molar-refractivity contribution in [2.45, 2.75) is 27.7 Å². The number of benzene rings is 1. The Kier molecular flexibility index (Phi) is 6.73. The van der Waals surface area contributed by atoms with Gasteiger partial charge >= 0.3 is 0 Å². The van der Waals surface area contributed by atoms with E-state index in [-0.39, 0.29) is 22.7 Å². The Morgan fingerprint density at radius 3 is 2.61 bits per heavy atom. The molecule has 0 saturated heterocycles. The number of nitrogens with one attached hydrogen (secondary N) is 1. The van der Waals surface area contributed by atoms with E-state index in [1.165, 1.54) is 0 Å². The van der Waals surface area contributed by atoms with Crippen LogP contribution in [0.1, 0.15) is 38.2 Å². The molecule has 144 valence electrons. The molecule has 0 bridgehead atoms. The van der Waals surface area contributed by atoms with E-state index in [0.717, 1.165) is 10.8 Å². The fourth-order valence-corrected chi connectivity index (χ4v) is 2.31. The lowest BCUT2D eigenvalue weighted by molar-refractivity contribution is 0.0962. The first-order chi connectivity index (χ1) is 13.2. The van der Waals surface area contributed by atoms with Gasteiger partial charge in [0.1, 0.15) is 17.5 Å². The van der Waals surface area contributed by atoms with Gasteiger partial charge in [-0.2, -0.15) is 5.26 Å². The Hall–Kier alpha value is -3.39. The monoisotopic (exact) mass is 375 g/mol. The van der Waals surface area contributed by atoms with E-state index < -0.39 is 0 Å². The molecule has 0 unspecified atom stereocenters. The molecular weight excluding hydrogens is 350 g/mol. The average Bonchev–Trinajstić information content (AvgIpc) is 2.68. The first-order valence-electron chi connectivity index (χ1n) is 9.00. The highest BCUT2D eigenvalue weighted by molar-refractivity contribution is 5.97. The summed E-state index contributed by atoms with van der Waals surface area (Å²) in [4.78, 5) is 16.8. The fraction of sp³-hybridized carbons (Fsp3) is 0.261. The lowest BCUT2D eigenvalue weighted by Crippen LogP contribution is -2.23. The Labute approximate surface area is 166 Å². The van der Waals surface area contributed by atoms with Gasteiger partial charge in [-0.15, -0.1) is 0 Å². The predicted octanol–water partition coefficient (Wildman–Crippen LogP) is 4.89. The van der Waals surface area contributed by atoms with Gasteiger partial charge < -0.3 is 10.1 Å². The van der Waals surface area contributed by atoms with Crippen LogP contribution in [0.3, 0.4) is 0 Å². The summed E-state index contributed by atoms with van der Waals surface area (Å²) < 4.78 is 5.61. The zero-order chi connectivity index (χ0) is 20.7. The molecule has 5 nitrogen and oxygen atoms in total. The Bertz CT molecular complexity index is 989. The van der Waals surface area contributed by atoms with E-state index in [2.05, 4.69) is 22.9 Å². The van der Waals surface area contributed by atoms with Crippen molar-refractivity contribution in [1.82, 2.24) is 10.3 Å². The van der Waals surface area contributed by atoms with Gasteiger partial charge in [0, 0.05) is 17.3 Å². The van der Waals surface area contributed by atoms with E-state index in [0.29, 0.717) is 18.0 Å². The molecule has 1 heterocycles. The van der Waals surface area contributed by atoms with Gasteiger partial charge in [-0.25, -0.2) is 0 Å². The maximum Gasteiger partial charge on any atom is 0.274 e. The zero-order valence-corrected chi connectivity index (χ0v) is 16.7. The van der Waals surface area contributed by atoms with Crippen molar-refractivity contribution in [2.24, 2.45) is 5.41 Å². The molecule has 0 aliphatic rings. The Balaban J connectivity index is 2.15. The summed E-state index contributed by atoms with van der Waals surface area (Å²) in [5, 5.41) is 14.1. The van der Waals surface area contributed by atoms with Crippen molar-refractivity contribution in [1.29, 1.82) is 5.26 Å². The first-order valence-corrected chi connectivity index (χ1v) is 9.00. The molecule has 5 heteroatoms. The van der Waals surface area contributed by atoms with Crippen LogP contribution in [-0.2, 0) is 4.74 Å². The second-order valence-corrected chi connectivity index (χ2v) is 7.56. The van der Waals surface area contributed by atoms with Crippen molar-refractivity contribution in [2.75, 3.05) is 6.61 Å². The number of carbonyl (C=O) groups is 1. The quantitative estimate of drug-likeness (QED) is 0.443. The largest absolute Gasteiger partial charge is 0.492 e. The minimum absolute atomic E-state index is 0.0527. The summed E-state index contributed by atoms with van der Waals surface area (Å²) in [7, 11) is 0. The maximum atomic E-state index is 12.6. The predicted molar refractivity (Wildman–Crippen MR) is 111 cm³/mol. The second-order valence-electron chi connectivity index (χ2n) is 7.56. The molecule has 1 aromatic heterocycles. The third-order valence-electron chi connectivity index (χ3n) is 3.83. The molecular formula is C23H25N3O2. The minimum atomic E-state index is -0.353. The van der Waals surface area contributed by atoms with Crippen LogP contribution in [-0.4, -0.2) is 17.5 Å². The molecule has 1 aromatic carbocycles. The number of aromatic nitrogens is 1. The molecule has 2 rings (SSSR count). The lowest BCUT2D eigenvalue weighted by Gasteiger charge is -2.19. The zero-order valence-electron chi connectivity index (χ0n) is 16.7. The van der Waals surface area contributed by atoms with Gasteiger partial charge in [-0.1, -0.05) is 57.7 Å². The number of amides is 1. The molecule has 0 saturated carbocycles. The Morgan fingerprint density at radius 2 is 2.00 bits per heavy atom. The molecule has 0 spiro atoms. The fourth-order valence-electron chi connectivity index (χ4n) is 2.31. The highest BCUT2D eigenvalue weighted by atomic mass is 16.5. The van der Waals surface area contributed by atoms with E-state index in [9.17, 15) is 10.1 Å². The summed E-state index contributed by atoms with van der Waals surface area (Å²) in [5.41, 5.74) is 0.969.